The molecule has 0 aromatic heterocycles. The molecule has 7 nitrogen and oxygen atoms in total. The van der Waals surface area contributed by atoms with Crippen LogP contribution in [-0.4, -0.2) is 27.4 Å². The van der Waals surface area contributed by atoms with Crippen LogP contribution in [0, 0.1) is 10.1 Å². The minimum Gasteiger partial charge on any atom is -0.480 e. The van der Waals surface area contributed by atoms with Gasteiger partial charge in [-0.25, -0.2) is 4.79 Å². The summed E-state index contributed by atoms with van der Waals surface area (Å²) in [5.74, 6) is -1.93. The summed E-state index contributed by atoms with van der Waals surface area (Å²) in [5.41, 5.74) is -1.95. The number of benzene rings is 1. The van der Waals surface area contributed by atoms with Gasteiger partial charge in [0.2, 0.25) is 0 Å². The largest absolute Gasteiger partial charge is 0.480 e. The second-order valence-corrected chi connectivity index (χ2v) is 4.70. The lowest BCUT2D eigenvalue weighted by Gasteiger charge is -2.12. The minimum absolute atomic E-state index is 0.127. The SMILES string of the molecule is O=C(NC1(C(=O)O)CC1)c1ccc(Cl)cc1[N+](=O)[O-]. The van der Waals surface area contributed by atoms with E-state index >= 15 is 0 Å². The highest BCUT2D eigenvalue weighted by molar-refractivity contribution is 6.31. The second kappa shape index (κ2) is 4.51. The van der Waals surface area contributed by atoms with Gasteiger partial charge in [0.25, 0.3) is 11.6 Å². The number of nitro groups is 1. The van der Waals surface area contributed by atoms with Gasteiger partial charge in [-0.1, -0.05) is 11.6 Å². The van der Waals surface area contributed by atoms with Crippen LogP contribution >= 0.6 is 11.6 Å². The molecule has 2 rings (SSSR count). The molecule has 1 saturated carbocycles. The fourth-order valence-corrected chi connectivity index (χ4v) is 1.82. The number of halogens is 1. The van der Waals surface area contributed by atoms with Gasteiger partial charge in [-0.2, -0.15) is 0 Å². The molecule has 1 aliphatic rings. The maximum Gasteiger partial charge on any atom is 0.329 e. The Morgan fingerprint density at radius 2 is 2.05 bits per heavy atom. The van der Waals surface area contributed by atoms with Gasteiger partial charge in [-0.3, -0.25) is 14.9 Å². The number of nitrogens with zero attached hydrogens (tertiary/aromatic N) is 1. The highest BCUT2D eigenvalue weighted by atomic mass is 35.5. The minimum atomic E-state index is -1.29. The number of hydrogen-bond donors (Lipinski definition) is 2. The van der Waals surface area contributed by atoms with E-state index in [1.807, 2.05) is 0 Å². The molecule has 100 valence electrons. The van der Waals surface area contributed by atoms with Crippen LogP contribution in [0.1, 0.15) is 23.2 Å². The number of aliphatic carboxylic acids is 1. The Morgan fingerprint density at radius 3 is 2.53 bits per heavy atom. The van der Waals surface area contributed by atoms with Crippen molar-refractivity contribution >= 4 is 29.2 Å². The molecule has 0 heterocycles. The average molecular weight is 285 g/mol. The van der Waals surface area contributed by atoms with Gasteiger partial charge in [0.1, 0.15) is 11.1 Å². The standard InChI is InChI=1S/C11H9ClN2O5/c12-6-1-2-7(8(5-6)14(18)19)9(15)13-11(3-4-11)10(16)17/h1-2,5H,3-4H2,(H,13,15)(H,16,17). The molecule has 0 bridgehead atoms. The number of rotatable bonds is 4. The summed E-state index contributed by atoms with van der Waals surface area (Å²) in [5, 5.41) is 22.2. The molecule has 2 N–H and O–H groups in total. The van der Waals surface area contributed by atoms with Crippen molar-refractivity contribution in [2.24, 2.45) is 0 Å². The number of carboxylic acids is 1. The number of carbonyl (C=O) groups is 2. The highest BCUT2D eigenvalue weighted by Crippen LogP contribution is 2.36. The maximum absolute atomic E-state index is 11.9. The molecule has 0 atom stereocenters. The van der Waals surface area contributed by atoms with Crippen molar-refractivity contribution in [2.45, 2.75) is 18.4 Å². The Bertz CT molecular complexity index is 582. The topological polar surface area (TPSA) is 110 Å². The summed E-state index contributed by atoms with van der Waals surface area (Å²) < 4.78 is 0. The zero-order valence-electron chi connectivity index (χ0n) is 9.55. The Morgan fingerprint density at radius 1 is 1.42 bits per heavy atom. The molecule has 0 saturated heterocycles. The molecular weight excluding hydrogens is 276 g/mol. The summed E-state index contributed by atoms with van der Waals surface area (Å²) in [7, 11) is 0. The monoisotopic (exact) mass is 284 g/mol. The zero-order chi connectivity index (χ0) is 14.2. The van der Waals surface area contributed by atoms with Gasteiger partial charge in [-0.15, -0.1) is 0 Å². The smallest absolute Gasteiger partial charge is 0.329 e. The van der Waals surface area contributed by atoms with Gasteiger partial charge in [0, 0.05) is 11.1 Å². The number of carbonyl (C=O) groups excluding carboxylic acids is 1. The summed E-state index contributed by atoms with van der Waals surface area (Å²) >= 11 is 5.63. The van der Waals surface area contributed by atoms with E-state index in [0.717, 1.165) is 6.07 Å². The molecule has 0 radical (unpaired) electrons. The normalized spacial score (nSPS) is 15.6. The molecule has 0 unspecified atom stereocenters. The number of amides is 1. The number of carboxylic acid groups (broad SMARTS) is 1. The van der Waals surface area contributed by atoms with Crippen molar-refractivity contribution in [3.63, 3.8) is 0 Å². The molecule has 1 aromatic rings. The maximum atomic E-state index is 11.9. The fraction of sp³-hybridized carbons (Fsp3) is 0.273. The van der Waals surface area contributed by atoms with E-state index in [-0.39, 0.29) is 10.6 Å². The van der Waals surface area contributed by atoms with Crippen LogP contribution in [0.2, 0.25) is 5.02 Å². The first-order valence-electron chi connectivity index (χ1n) is 5.35. The third-order valence-corrected chi connectivity index (χ3v) is 3.15. The lowest BCUT2D eigenvalue weighted by atomic mass is 10.1. The van der Waals surface area contributed by atoms with Crippen molar-refractivity contribution in [1.29, 1.82) is 0 Å². The first-order chi connectivity index (χ1) is 8.85. The molecule has 1 amide bonds. The van der Waals surface area contributed by atoms with Crippen LogP contribution < -0.4 is 5.32 Å². The van der Waals surface area contributed by atoms with Crippen LogP contribution in [0.25, 0.3) is 0 Å². The Hall–Kier alpha value is -2.15. The molecule has 0 aliphatic heterocycles. The van der Waals surface area contributed by atoms with Gasteiger partial charge in [-0.05, 0) is 25.0 Å². The highest BCUT2D eigenvalue weighted by Gasteiger charge is 2.52. The fourth-order valence-electron chi connectivity index (χ4n) is 1.65. The van der Waals surface area contributed by atoms with E-state index < -0.39 is 28.0 Å². The molecule has 8 heteroatoms. The second-order valence-electron chi connectivity index (χ2n) is 4.26. The van der Waals surface area contributed by atoms with Crippen molar-refractivity contribution < 1.29 is 19.6 Å². The Balaban J connectivity index is 2.29. The third kappa shape index (κ3) is 2.50. The molecule has 1 aliphatic carbocycles. The van der Waals surface area contributed by atoms with Gasteiger partial charge in [0.05, 0.1) is 4.92 Å². The van der Waals surface area contributed by atoms with Crippen LogP contribution in [0.15, 0.2) is 18.2 Å². The van der Waals surface area contributed by atoms with Gasteiger partial charge < -0.3 is 10.4 Å². The van der Waals surface area contributed by atoms with Crippen LogP contribution in [-0.2, 0) is 4.79 Å². The predicted molar refractivity (Wildman–Crippen MR) is 65.2 cm³/mol. The average Bonchev–Trinajstić information content (AvgIpc) is 3.09. The Labute approximate surface area is 112 Å². The quantitative estimate of drug-likeness (QED) is 0.644. The zero-order valence-corrected chi connectivity index (χ0v) is 10.3. The summed E-state index contributed by atoms with van der Waals surface area (Å²) in [4.78, 5) is 33.0. The van der Waals surface area contributed by atoms with E-state index in [1.165, 1.54) is 12.1 Å². The van der Waals surface area contributed by atoms with Crippen LogP contribution in [0.5, 0.6) is 0 Å². The van der Waals surface area contributed by atoms with E-state index in [4.69, 9.17) is 16.7 Å². The van der Waals surface area contributed by atoms with Crippen LogP contribution in [0.3, 0.4) is 0 Å². The third-order valence-electron chi connectivity index (χ3n) is 2.91. The molecule has 1 aromatic carbocycles. The lowest BCUT2D eigenvalue weighted by molar-refractivity contribution is -0.385. The Kier molecular flexibility index (Phi) is 3.15. The van der Waals surface area contributed by atoms with E-state index in [9.17, 15) is 19.7 Å². The number of nitrogens with one attached hydrogen (secondary N) is 1. The summed E-state index contributed by atoms with van der Waals surface area (Å²) in [6.45, 7) is 0. The van der Waals surface area contributed by atoms with Gasteiger partial charge in [0.15, 0.2) is 0 Å². The lowest BCUT2D eigenvalue weighted by Crippen LogP contribution is -2.43. The van der Waals surface area contributed by atoms with E-state index in [1.54, 1.807) is 0 Å². The van der Waals surface area contributed by atoms with Gasteiger partial charge >= 0.3 is 5.97 Å². The first-order valence-corrected chi connectivity index (χ1v) is 5.73. The van der Waals surface area contributed by atoms with E-state index in [2.05, 4.69) is 5.32 Å². The van der Waals surface area contributed by atoms with Crippen LogP contribution in [0.4, 0.5) is 5.69 Å². The number of nitro benzene ring substituents is 1. The molecule has 1 fully saturated rings. The van der Waals surface area contributed by atoms with E-state index in [0.29, 0.717) is 12.8 Å². The molecule has 19 heavy (non-hydrogen) atoms. The predicted octanol–water partition coefficient (Wildman–Crippen LogP) is 1.60. The van der Waals surface area contributed by atoms with Crippen molar-refractivity contribution in [2.75, 3.05) is 0 Å². The van der Waals surface area contributed by atoms with Crippen molar-refractivity contribution in [3.05, 3.63) is 38.9 Å². The molecule has 0 spiro atoms. The molecular formula is C11H9ClN2O5. The summed E-state index contributed by atoms with van der Waals surface area (Å²) in [6, 6.07) is 3.59. The van der Waals surface area contributed by atoms with Crippen molar-refractivity contribution in [1.82, 2.24) is 5.32 Å². The summed E-state index contributed by atoms with van der Waals surface area (Å²) in [6.07, 6.45) is 0.630. The number of hydrogen-bond acceptors (Lipinski definition) is 4. The van der Waals surface area contributed by atoms with Crippen molar-refractivity contribution in [3.8, 4) is 0 Å². The first kappa shape index (κ1) is 13.3.